The number of furan rings is 1. The van der Waals surface area contributed by atoms with E-state index in [-0.39, 0.29) is 6.04 Å². The van der Waals surface area contributed by atoms with Gasteiger partial charge in [-0.1, -0.05) is 0 Å². The summed E-state index contributed by atoms with van der Waals surface area (Å²) in [5.41, 5.74) is 0.835. The van der Waals surface area contributed by atoms with Gasteiger partial charge >= 0.3 is 0 Å². The van der Waals surface area contributed by atoms with Gasteiger partial charge in [-0.3, -0.25) is 9.97 Å². The minimum Gasteiger partial charge on any atom is -0.452 e. The van der Waals surface area contributed by atoms with E-state index in [4.69, 9.17) is 4.42 Å². The van der Waals surface area contributed by atoms with Crippen LogP contribution in [0.15, 0.2) is 39.8 Å². The highest BCUT2D eigenvalue weighted by atomic mass is 79.9. The van der Waals surface area contributed by atoms with Gasteiger partial charge in [-0.25, -0.2) is 0 Å². The fourth-order valence-corrected chi connectivity index (χ4v) is 1.70. The molecule has 0 aliphatic carbocycles. The zero-order valence-electron chi connectivity index (χ0n) is 8.14. The number of halogens is 1. The van der Waals surface area contributed by atoms with E-state index in [9.17, 15) is 0 Å². The maximum atomic E-state index is 5.48. The van der Waals surface area contributed by atoms with Crippen molar-refractivity contribution in [3.8, 4) is 0 Å². The van der Waals surface area contributed by atoms with E-state index in [0.29, 0.717) is 4.67 Å². The molecule has 2 rings (SSSR count). The highest BCUT2D eigenvalue weighted by molar-refractivity contribution is 9.10. The molecule has 1 atom stereocenters. The molecular formula is C10H10BrN3O. The minimum atomic E-state index is -0.0648. The van der Waals surface area contributed by atoms with Gasteiger partial charge in [0, 0.05) is 12.4 Å². The number of rotatable bonds is 3. The monoisotopic (exact) mass is 267 g/mol. The quantitative estimate of drug-likeness (QED) is 0.926. The first-order valence-electron chi connectivity index (χ1n) is 4.49. The maximum absolute atomic E-state index is 5.48. The second-order valence-electron chi connectivity index (χ2n) is 2.99. The van der Waals surface area contributed by atoms with Crippen LogP contribution >= 0.6 is 15.9 Å². The molecule has 2 aromatic heterocycles. The highest BCUT2D eigenvalue weighted by Crippen LogP contribution is 2.23. The summed E-state index contributed by atoms with van der Waals surface area (Å²) in [5, 5.41) is 3.13. The van der Waals surface area contributed by atoms with Crippen molar-refractivity contribution in [3.63, 3.8) is 0 Å². The average Bonchev–Trinajstić information content (AvgIpc) is 2.68. The zero-order valence-corrected chi connectivity index (χ0v) is 9.73. The lowest BCUT2D eigenvalue weighted by molar-refractivity contribution is 0.442. The summed E-state index contributed by atoms with van der Waals surface area (Å²) < 4.78 is 6.19. The molecule has 5 heteroatoms. The van der Waals surface area contributed by atoms with E-state index in [0.717, 1.165) is 11.5 Å². The summed E-state index contributed by atoms with van der Waals surface area (Å²) in [6.45, 7) is 0. The van der Waals surface area contributed by atoms with Crippen LogP contribution in [0, 0.1) is 0 Å². The molecule has 0 saturated carbocycles. The second-order valence-corrected chi connectivity index (χ2v) is 3.78. The Bertz CT molecular complexity index is 429. The number of hydrogen-bond acceptors (Lipinski definition) is 4. The predicted octanol–water partition coefficient (Wildman–Crippen LogP) is 2.14. The molecule has 0 saturated heterocycles. The largest absolute Gasteiger partial charge is 0.452 e. The van der Waals surface area contributed by atoms with Crippen molar-refractivity contribution >= 4 is 15.9 Å². The van der Waals surface area contributed by atoms with Crippen LogP contribution in [0.5, 0.6) is 0 Å². The molecule has 15 heavy (non-hydrogen) atoms. The SMILES string of the molecule is CNC(c1cnccn1)c1ccc(Br)o1. The van der Waals surface area contributed by atoms with E-state index >= 15 is 0 Å². The molecule has 0 amide bonds. The lowest BCUT2D eigenvalue weighted by Crippen LogP contribution is -2.18. The molecule has 0 aliphatic rings. The molecule has 2 aromatic rings. The molecular weight excluding hydrogens is 258 g/mol. The first-order valence-corrected chi connectivity index (χ1v) is 5.29. The van der Waals surface area contributed by atoms with Crippen molar-refractivity contribution in [2.24, 2.45) is 0 Å². The minimum absolute atomic E-state index is 0.0648. The Morgan fingerprint density at radius 1 is 1.40 bits per heavy atom. The van der Waals surface area contributed by atoms with Crippen LogP contribution in [0.25, 0.3) is 0 Å². The third-order valence-corrected chi connectivity index (χ3v) is 2.47. The summed E-state index contributed by atoms with van der Waals surface area (Å²) in [5.74, 6) is 0.810. The normalized spacial score (nSPS) is 12.7. The third kappa shape index (κ3) is 2.24. The van der Waals surface area contributed by atoms with Crippen molar-refractivity contribution in [1.82, 2.24) is 15.3 Å². The zero-order chi connectivity index (χ0) is 10.7. The highest BCUT2D eigenvalue weighted by Gasteiger charge is 2.16. The Balaban J connectivity index is 2.33. The standard InChI is InChI=1S/C10H10BrN3O/c1-12-10(7-6-13-4-5-14-7)8-2-3-9(11)15-8/h2-6,10,12H,1H3. The van der Waals surface area contributed by atoms with Gasteiger partial charge in [0.05, 0.1) is 11.9 Å². The van der Waals surface area contributed by atoms with Crippen LogP contribution in [-0.2, 0) is 0 Å². The van der Waals surface area contributed by atoms with Crippen molar-refractivity contribution in [2.45, 2.75) is 6.04 Å². The van der Waals surface area contributed by atoms with Crippen LogP contribution < -0.4 is 5.32 Å². The van der Waals surface area contributed by atoms with Crippen LogP contribution in [-0.4, -0.2) is 17.0 Å². The first kappa shape index (κ1) is 10.3. The molecule has 78 valence electrons. The first-order chi connectivity index (χ1) is 7.31. The Morgan fingerprint density at radius 2 is 2.27 bits per heavy atom. The molecule has 1 unspecified atom stereocenters. The van der Waals surface area contributed by atoms with Crippen molar-refractivity contribution in [2.75, 3.05) is 7.05 Å². The van der Waals surface area contributed by atoms with Crippen LogP contribution in [0.4, 0.5) is 0 Å². The van der Waals surface area contributed by atoms with E-state index in [1.54, 1.807) is 18.6 Å². The van der Waals surface area contributed by atoms with Crippen LogP contribution in [0.2, 0.25) is 0 Å². The van der Waals surface area contributed by atoms with Crippen LogP contribution in [0.3, 0.4) is 0 Å². The lowest BCUT2D eigenvalue weighted by atomic mass is 10.1. The van der Waals surface area contributed by atoms with E-state index < -0.39 is 0 Å². The average molecular weight is 268 g/mol. The topological polar surface area (TPSA) is 51.0 Å². The smallest absolute Gasteiger partial charge is 0.169 e. The van der Waals surface area contributed by atoms with Crippen molar-refractivity contribution in [3.05, 3.63) is 46.8 Å². The third-order valence-electron chi connectivity index (χ3n) is 2.05. The number of aromatic nitrogens is 2. The predicted molar refractivity (Wildman–Crippen MR) is 59.3 cm³/mol. The van der Waals surface area contributed by atoms with Gasteiger partial charge in [-0.05, 0) is 35.1 Å². The van der Waals surface area contributed by atoms with Crippen LogP contribution in [0.1, 0.15) is 17.5 Å². The van der Waals surface area contributed by atoms with Crippen molar-refractivity contribution in [1.29, 1.82) is 0 Å². The molecule has 4 nitrogen and oxygen atoms in total. The van der Waals surface area contributed by atoms with Crippen molar-refractivity contribution < 1.29 is 4.42 Å². The summed E-state index contributed by atoms with van der Waals surface area (Å²) >= 11 is 3.27. The summed E-state index contributed by atoms with van der Waals surface area (Å²) in [6, 6.07) is 3.70. The molecule has 0 fully saturated rings. The molecule has 1 N–H and O–H groups in total. The molecule has 0 aliphatic heterocycles. The van der Waals surface area contributed by atoms with Gasteiger partial charge in [-0.2, -0.15) is 0 Å². The Morgan fingerprint density at radius 3 is 2.80 bits per heavy atom. The Kier molecular flexibility index (Phi) is 3.13. The summed E-state index contributed by atoms with van der Waals surface area (Å²) in [4.78, 5) is 8.27. The second kappa shape index (κ2) is 4.55. The summed E-state index contributed by atoms with van der Waals surface area (Å²) in [6.07, 6.45) is 5.03. The van der Waals surface area contributed by atoms with Gasteiger partial charge in [0.25, 0.3) is 0 Å². The lowest BCUT2D eigenvalue weighted by Gasteiger charge is -2.11. The molecule has 0 spiro atoms. The Labute approximate surface area is 95.9 Å². The number of hydrogen-bond donors (Lipinski definition) is 1. The van der Waals surface area contributed by atoms with Gasteiger partial charge in [0.2, 0.25) is 0 Å². The number of nitrogens with one attached hydrogen (secondary N) is 1. The fourth-order valence-electron chi connectivity index (χ4n) is 1.38. The Hall–Kier alpha value is -1.20. The molecule has 0 bridgehead atoms. The number of nitrogens with zero attached hydrogens (tertiary/aromatic N) is 2. The van der Waals surface area contributed by atoms with Gasteiger partial charge in [0.1, 0.15) is 11.8 Å². The van der Waals surface area contributed by atoms with E-state index in [1.165, 1.54) is 0 Å². The molecule has 2 heterocycles. The van der Waals surface area contributed by atoms with E-state index in [2.05, 4.69) is 31.2 Å². The maximum Gasteiger partial charge on any atom is 0.169 e. The van der Waals surface area contributed by atoms with Gasteiger partial charge in [-0.15, -0.1) is 0 Å². The molecule has 0 radical (unpaired) electrons. The van der Waals surface area contributed by atoms with E-state index in [1.807, 2.05) is 19.2 Å². The van der Waals surface area contributed by atoms with Gasteiger partial charge < -0.3 is 9.73 Å². The molecule has 0 aromatic carbocycles. The van der Waals surface area contributed by atoms with Gasteiger partial charge in [0.15, 0.2) is 4.67 Å². The summed E-state index contributed by atoms with van der Waals surface area (Å²) in [7, 11) is 1.86. The fraction of sp³-hybridized carbons (Fsp3) is 0.200.